The monoisotopic (exact) mass is 982 g/mol. The Morgan fingerprint density at radius 1 is 1.15 bits per heavy atom. The number of aliphatic carboxylic acids is 1. The van der Waals surface area contributed by atoms with Crippen LogP contribution in [0.25, 0.3) is 10.9 Å². The topological polar surface area (TPSA) is 280 Å². The maximum Gasteiger partial charge on any atom is 0.347 e. The fourth-order valence-electron chi connectivity index (χ4n) is 6.19. The molecule has 66 heavy (non-hydrogen) atoms. The molecule has 6 heterocycles. The molecule has 4 N–H and O–H groups in total. The standard InChI is InChI=1S/C18H17FN4O2S.C11H8ClNO3.C11H11N5O6S2/c1-4-5-22-13-7-12(11(19)6-14(13)25-9-16(22)24)20-17-23-10-18(2,3)8-15(23)21-26-17;12-8-3-4-9(16-6-10(14)15)11-7(8)2-1-5-13-11;1-5-12-9(15-11(13-5)22-2)14-10(19)16-24(20,21)6-3-4-23-7(6)8(17)18/h1,6-7H,5,8-10H2,2-3H3;1-5H,6H2,(H,14,15);3-4H,1-2H3,(H,17,18)(H2,12,13,14,15,16,19). The number of aromatic nitrogens is 6. The number of aromatic carboxylic acids is 1. The molecule has 0 radical (unpaired) electrons. The summed E-state index contributed by atoms with van der Waals surface area (Å²) < 4.78 is 62.1. The molecular formula is C40H36ClFN10O11S3. The molecule has 344 valence electrons. The molecule has 0 spiro atoms. The summed E-state index contributed by atoms with van der Waals surface area (Å²) in [4.78, 5) is 66.3. The van der Waals surface area contributed by atoms with Gasteiger partial charge in [0.2, 0.25) is 10.7 Å². The molecule has 26 heteroatoms. The molecule has 0 unspecified atom stereocenters. The van der Waals surface area contributed by atoms with E-state index in [1.807, 2.05) is 4.57 Å². The second kappa shape index (κ2) is 20.3. The second-order valence-corrected chi connectivity index (χ2v) is 18.2. The largest absolute Gasteiger partial charge is 0.481 e. The lowest BCUT2D eigenvalue weighted by Crippen LogP contribution is -2.39. The van der Waals surface area contributed by atoms with Crippen LogP contribution in [0, 0.1) is 30.5 Å². The van der Waals surface area contributed by atoms with Crippen LogP contribution >= 0.6 is 34.5 Å². The van der Waals surface area contributed by atoms with Crippen molar-refractivity contribution in [2.45, 2.75) is 38.6 Å². The Morgan fingerprint density at radius 2 is 1.92 bits per heavy atom. The summed E-state index contributed by atoms with van der Waals surface area (Å²) in [5.41, 5.74) is 1.24. The number of sulfonamides is 1. The molecule has 2 aliphatic rings. The van der Waals surface area contributed by atoms with E-state index in [0.717, 1.165) is 41.6 Å². The third-order valence-corrected chi connectivity index (χ3v) is 12.5. The molecule has 3 amide bonds. The highest BCUT2D eigenvalue weighted by Gasteiger charge is 2.32. The number of urea groups is 1. The van der Waals surface area contributed by atoms with Crippen molar-refractivity contribution in [2.24, 2.45) is 10.4 Å². The first-order chi connectivity index (χ1) is 31.3. The number of rotatable bonds is 10. The molecule has 0 fully saturated rings. The second-order valence-electron chi connectivity index (χ2n) is 14.5. The van der Waals surface area contributed by atoms with Gasteiger partial charge in [-0.3, -0.25) is 20.0 Å². The van der Waals surface area contributed by atoms with E-state index in [1.165, 1.54) is 48.0 Å². The van der Waals surface area contributed by atoms with E-state index in [4.69, 9.17) is 42.4 Å². The van der Waals surface area contributed by atoms with Gasteiger partial charge in [0.05, 0.1) is 24.4 Å². The number of carboxylic acids is 2. The zero-order chi connectivity index (χ0) is 47.9. The van der Waals surface area contributed by atoms with Crippen LogP contribution in [0.5, 0.6) is 17.5 Å². The number of hydrogen-bond acceptors (Lipinski definition) is 17. The summed E-state index contributed by atoms with van der Waals surface area (Å²) >= 11 is 7.94. The van der Waals surface area contributed by atoms with Crippen molar-refractivity contribution >= 4 is 96.6 Å². The number of carbonyl (C=O) groups is 4. The number of ether oxygens (including phenoxy) is 3. The predicted octanol–water partition coefficient (Wildman–Crippen LogP) is 5.07. The number of hydrogen-bond donors (Lipinski definition) is 4. The highest BCUT2D eigenvalue weighted by Crippen LogP contribution is 2.38. The van der Waals surface area contributed by atoms with Crippen molar-refractivity contribution in [1.82, 2.24) is 33.6 Å². The van der Waals surface area contributed by atoms with Gasteiger partial charge in [0, 0.05) is 42.1 Å². The smallest absolute Gasteiger partial charge is 0.347 e. The van der Waals surface area contributed by atoms with Crippen molar-refractivity contribution in [2.75, 3.05) is 37.1 Å². The molecule has 2 aliphatic heterocycles. The maximum absolute atomic E-state index is 14.5. The van der Waals surface area contributed by atoms with Crippen LogP contribution in [0.4, 0.5) is 26.5 Å². The Morgan fingerprint density at radius 3 is 2.64 bits per heavy atom. The van der Waals surface area contributed by atoms with Crippen LogP contribution in [0.1, 0.15) is 35.2 Å². The summed E-state index contributed by atoms with van der Waals surface area (Å²) in [5.74, 6) is 0.915. The van der Waals surface area contributed by atoms with Crippen molar-refractivity contribution < 1.29 is 56.4 Å². The normalized spacial score (nSPS) is 13.7. The zero-order valence-corrected chi connectivity index (χ0v) is 38.1. The first-order valence-corrected chi connectivity index (χ1v) is 22.4. The minimum Gasteiger partial charge on any atom is -0.481 e. The maximum atomic E-state index is 14.5. The average molecular weight is 983 g/mol. The average Bonchev–Trinajstić information content (AvgIpc) is 3.98. The van der Waals surface area contributed by atoms with Gasteiger partial charge in [-0.05, 0) is 54.1 Å². The third-order valence-electron chi connectivity index (χ3n) is 8.94. The van der Waals surface area contributed by atoms with Crippen LogP contribution < -0.4 is 34.0 Å². The molecule has 0 bridgehead atoms. The number of methoxy groups -OCH3 is 1. The number of fused-ring (bicyclic) bond motifs is 3. The molecule has 6 aromatic rings. The van der Waals surface area contributed by atoms with E-state index in [2.05, 4.69) is 54.4 Å². The van der Waals surface area contributed by atoms with E-state index in [0.29, 0.717) is 32.5 Å². The van der Waals surface area contributed by atoms with Gasteiger partial charge in [0.15, 0.2) is 19.0 Å². The predicted molar refractivity (Wildman–Crippen MR) is 238 cm³/mol. The minimum atomic E-state index is -4.37. The number of amides is 3. The molecule has 2 aromatic carbocycles. The lowest BCUT2D eigenvalue weighted by molar-refractivity contribution is -0.139. The quantitative estimate of drug-likeness (QED) is 0.130. The van der Waals surface area contributed by atoms with Crippen LogP contribution in [0.15, 0.2) is 63.9 Å². The Bertz CT molecular complexity index is 3100. The molecular weight excluding hydrogens is 947 g/mol. The van der Waals surface area contributed by atoms with Crippen molar-refractivity contribution in [3.63, 3.8) is 0 Å². The third kappa shape index (κ3) is 11.5. The fourth-order valence-corrected chi connectivity index (χ4v) is 9.33. The highest BCUT2D eigenvalue weighted by atomic mass is 35.5. The summed E-state index contributed by atoms with van der Waals surface area (Å²) in [6.45, 7) is 6.18. The number of halogens is 2. The van der Waals surface area contributed by atoms with E-state index >= 15 is 0 Å². The molecule has 0 saturated carbocycles. The van der Waals surface area contributed by atoms with E-state index < -0.39 is 50.2 Å². The van der Waals surface area contributed by atoms with E-state index in [-0.39, 0.29) is 47.9 Å². The number of thiophene rings is 1. The Hall–Kier alpha value is -7.27. The molecule has 8 rings (SSSR count). The van der Waals surface area contributed by atoms with E-state index in [9.17, 15) is 32.0 Å². The van der Waals surface area contributed by atoms with Gasteiger partial charge in [0.25, 0.3) is 15.9 Å². The number of terminal acetylenes is 1. The van der Waals surface area contributed by atoms with Gasteiger partial charge in [-0.2, -0.15) is 19.3 Å². The summed E-state index contributed by atoms with van der Waals surface area (Å²) in [7, 11) is -3.06. The minimum absolute atomic E-state index is 0.0633. The Labute approximate surface area is 387 Å². The van der Waals surface area contributed by atoms with Gasteiger partial charge >= 0.3 is 24.0 Å². The first kappa shape index (κ1) is 48.2. The van der Waals surface area contributed by atoms with Crippen LogP contribution in [0.2, 0.25) is 5.02 Å². The molecule has 0 aliphatic carbocycles. The molecule has 21 nitrogen and oxygen atoms in total. The van der Waals surface area contributed by atoms with Gasteiger partial charge in [0.1, 0.15) is 44.1 Å². The van der Waals surface area contributed by atoms with Crippen molar-refractivity contribution in [1.29, 1.82) is 0 Å². The number of carbonyl (C=O) groups excluding carboxylic acids is 2. The first-order valence-electron chi connectivity index (χ1n) is 18.9. The summed E-state index contributed by atoms with van der Waals surface area (Å²) in [6.07, 6.45) is 7.82. The number of anilines is 2. The summed E-state index contributed by atoms with van der Waals surface area (Å²) in [5, 5.41) is 22.2. The van der Waals surface area contributed by atoms with Gasteiger partial charge in [-0.1, -0.05) is 31.4 Å². The van der Waals surface area contributed by atoms with Crippen LogP contribution in [-0.4, -0.2) is 98.3 Å². The van der Waals surface area contributed by atoms with Crippen LogP contribution in [-0.2, 0) is 32.6 Å². The number of nitrogens with zero attached hydrogens (tertiary/aromatic N) is 8. The van der Waals surface area contributed by atoms with E-state index in [1.54, 1.807) is 35.2 Å². The van der Waals surface area contributed by atoms with Crippen molar-refractivity contribution in [3.05, 3.63) is 86.2 Å². The van der Waals surface area contributed by atoms with Gasteiger partial charge in [-0.15, -0.1) is 17.8 Å². The zero-order valence-electron chi connectivity index (χ0n) is 34.9. The Kier molecular flexibility index (Phi) is 14.8. The summed E-state index contributed by atoms with van der Waals surface area (Å²) in [6, 6.07) is 9.44. The number of pyridine rings is 1. The highest BCUT2D eigenvalue weighted by molar-refractivity contribution is 7.90. The van der Waals surface area contributed by atoms with Gasteiger partial charge < -0.3 is 29.0 Å². The molecule has 0 atom stereocenters. The lowest BCUT2D eigenvalue weighted by atomic mass is 9.92. The SMILES string of the molecule is C#CCN1C(=O)COc2cc(F)c(N=c3snc4n3CC(C)(C)C4)cc21.COc1nc(C)nc(NC(=O)NS(=O)(=O)c2ccsc2C(=O)O)n1.O=C(O)COc1ccc(Cl)c2cccnc12. The van der Waals surface area contributed by atoms with Crippen LogP contribution in [0.3, 0.4) is 0 Å². The van der Waals surface area contributed by atoms with Crippen molar-refractivity contribution in [3.8, 4) is 29.9 Å². The number of carboxylic acid groups (broad SMARTS) is 2. The lowest BCUT2D eigenvalue weighted by Gasteiger charge is -2.28. The van der Waals surface area contributed by atoms with Gasteiger partial charge in [-0.25, -0.2) is 36.9 Å². The number of nitrogens with one attached hydrogen (secondary N) is 2. The molecule has 4 aromatic heterocycles. The molecule has 0 saturated heterocycles. The number of aryl methyl sites for hydroxylation is 1. The Balaban J connectivity index is 0.000000168. The number of benzene rings is 2. The fraction of sp³-hybridized carbons (Fsp3) is 0.250.